The smallest absolute Gasteiger partial charge is 0.0176 e. The Morgan fingerprint density at radius 1 is 1.00 bits per heavy atom. The van der Waals surface area contributed by atoms with E-state index in [0.717, 1.165) is 3.92 Å². The highest BCUT2D eigenvalue weighted by Gasteiger charge is 2.16. The van der Waals surface area contributed by atoms with E-state index in [1.54, 1.807) is 0 Å². The molecule has 0 nitrogen and oxygen atoms in total. The van der Waals surface area contributed by atoms with E-state index in [1.165, 1.54) is 56.1 Å². The maximum absolute atomic E-state index is 2.66. The fourth-order valence-corrected chi connectivity index (χ4v) is 3.49. The SMILES string of the molecule is CCCCCCCCC(I)C(C)c1ccccc1C. The normalized spacial score (nSPS) is 14.3. The van der Waals surface area contributed by atoms with Crippen molar-refractivity contribution in [2.75, 3.05) is 0 Å². The van der Waals surface area contributed by atoms with Gasteiger partial charge in [-0.2, -0.15) is 0 Å². The van der Waals surface area contributed by atoms with Gasteiger partial charge in [0.2, 0.25) is 0 Å². The molecule has 108 valence electrons. The first kappa shape index (κ1) is 17.0. The molecule has 1 rings (SSSR count). The zero-order chi connectivity index (χ0) is 14.1. The molecule has 0 radical (unpaired) electrons. The lowest BCUT2D eigenvalue weighted by Gasteiger charge is -2.20. The van der Waals surface area contributed by atoms with Crippen LogP contribution in [0.25, 0.3) is 0 Å². The largest absolute Gasteiger partial charge is 0.0820 e. The predicted molar refractivity (Wildman–Crippen MR) is 95.4 cm³/mol. The van der Waals surface area contributed by atoms with Crippen molar-refractivity contribution in [3.63, 3.8) is 0 Å². The molecule has 0 spiro atoms. The van der Waals surface area contributed by atoms with Gasteiger partial charge in [0.05, 0.1) is 0 Å². The Kier molecular flexibility index (Phi) is 8.76. The number of rotatable bonds is 9. The Hall–Kier alpha value is -0.0500. The van der Waals surface area contributed by atoms with Crippen LogP contribution in [0.5, 0.6) is 0 Å². The molecule has 0 aliphatic heterocycles. The number of hydrogen-bond acceptors (Lipinski definition) is 0. The van der Waals surface area contributed by atoms with Gasteiger partial charge in [0.25, 0.3) is 0 Å². The van der Waals surface area contributed by atoms with E-state index in [4.69, 9.17) is 0 Å². The van der Waals surface area contributed by atoms with Crippen LogP contribution >= 0.6 is 22.6 Å². The monoisotopic (exact) mass is 372 g/mol. The third-order valence-electron chi connectivity index (χ3n) is 4.06. The second kappa shape index (κ2) is 9.79. The highest BCUT2D eigenvalue weighted by molar-refractivity contribution is 14.1. The van der Waals surface area contributed by atoms with Crippen LogP contribution in [0.4, 0.5) is 0 Å². The zero-order valence-corrected chi connectivity index (χ0v) is 14.9. The van der Waals surface area contributed by atoms with Crippen molar-refractivity contribution in [1.82, 2.24) is 0 Å². The van der Waals surface area contributed by atoms with Gasteiger partial charge in [-0.1, -0.05) is 99.2 Å². The van der Waals surface area contributed by atoms with Crippen LogP contribution in [-0.2, 0) is 0 Å². The van der Waals surface area contributed by atoms with Gasteiger partial charge in [-0.3, -0.25) is 0 Å². The summed E-state index contributed by atoms with van der Waals surface area (Å²) in [6, 6.07) is 8.85. The second-order valence-electron chi connectivity index (χ2n) is 5.72. The number of aryl methyl sites for hydroxylation is 1. The van der Waals surface area contributed by atoms with Crippen molar-refractivity contribution in [1.29, 1.82) is 0 Å². The molecule has 1 heteroatoms. The van der Waals surface area contributed by atoms with Crippen molar-refractivity contribution in [3.05, 3.63) is 35.4 Å². The van der Waals surface area contributed by atoms with Crippen molar-refractivity contribution in [3.8, 4) is 0 Å². The highest BCUT2D eigenvalue weighted by atomic mass is 127. The van der Waals surface area contributed by atoms with Crippen LogP contribution in [0.2, 0.25) is 0 Å². The molecule has 0 bridgehead atoms. The van der Waals surface area contributed by atoms with Gasteiger partial charge < -0.3 is 0 Å². The third-order valence-corrected chi connectivity index (χ3v) is 5.76. The van der Waals surface area contributed by atoms with Crippen LogP contribution in [0.1, 0.15) is 75.8 Å². The Labute approximate surface area is 133 Å². The summed E-state index contributed by atoms with van der Waals surface area (Å²) < 4.78 is 0.768. The maximum atomic E-state index is 2.66. The van der Waals surface area contributed by atoms with E-state index in [0.29, 0.717) is 5.92 Å². The Morgan fingerprint density at radius 3 is 2.32 bits per heavy atom. The topological polar surface area (TPSA) is 0 Å². The first-order valence-corrected chi connectivity index (χ1v) is 9.11. The number of unbranched alkanes of at least 4 members (excludes halogenated alkanes) is 5. The van der Waals surface area contributed by atoms with Gasteiger partial charge in [-0.05, 0) is 30.4 Å². The standard InChI is InChI=1S/C18H29I/c1-4-5-6-7-8-9-14-18(19)16(3)17-13-11-10-12-15(17)2/h10-13,16,18H,4-9,14H2,1-3H3. The summed E-state index contributed by atoms with van der Waals surface area (Å²) in [6.07, 6.45) is 9.79. The molecule has 2 unspecified atom stereocenters. The minimum absolute atomic E-state index is 0.678. The minimum Gasteiger partial charge on any atom is -0.0820 e. The molecule has 0 heterocycles. The highest BCUT2D eigenvalue weighted by Crippen LogP contribution is 2.30. The van der Waals surface area contributed by atoms with Crippen molar-refractivity contribution < 1.29 is 0 Å². The minimum atomic E-state index is 0.678. The van der Waals surface area contributed by atoms with E-state index in [2.05, 4.69) is 67.6 Å². The molecule has 2 atom stereocenters. The average molecular weight is 372 g/mol. The molecule has 0 aromatic heterocycles. The summed E-state index contributed by atoms with van der Waals surface area (Å²) in [7, 11) is 0. The van der Waals surface area contributed by atoms with Crippen molar-refractivity contribution in [2.45, 2.75) is 75.6 Å². The second-order valence-corrected chi connectivity index (χ2v) is 7.32. The van der Waals surface area contributed by atoms with E-state index >= 15 is 0 Å². The van der Waals surface area contributed by atoms with Crippen LogP contribution < -0.4 is 0 Å². The molecule has 19 heavy (non-hydrogen) atoms. The number of benzene rings is 1. The summed E-state index contributed by atoms with van der Waals surface area (Å²) in [6.45, 7) is 6.90. The molecule has 0 aliphatic carbocycles. The van der Waals surface area contributed by atoms with Crippen LogP contribution in [-0.4, -0.2) is 3.92 Å². The van der Waals surface area contributed by atoms with Gasteiger partial charge in [0.1, 0.15) is 0 Å². The molecule has 0 saturated carbocycles. The molecule has 0 fully saturated rings. The Balaban J connectivity index is 2.29. The van der Waals surface area contributed by atoms with Gasteiger partial charge in [-0.15, -0.1) is 0 Å². The molecule has 0 aliphatic rings. The van der Waals surface area contributed by atoms with Crippen LogP contribution in [0.15, 0.2) is 24.3 Å². The maximum Gasteiger partial charge on any atom is 0.0176 e. The van der Waals surface area contributed by atoms with Crippen LogP contribution in [0, 0.1) is 6.92 Å². The molecular formula is C18H29I. The van der Waals surface area contributed by atoms with E-state index in [9.17, 15) is 0 Å². The average Bonchev–Trinajstić information content (AvgIpc) is 2.42. The number of hydrogen-bond donors (Lipinski definition) is 0. The molecule has 1 aromatic rings. The van der Waals surface area contributed by atoms with Gasteiger partial charge in [0.15, 0.2) is 0 Å². The molecule has 1 aromatic carbocycles. The molecule has 0 saturated heterocycles. The summed E-state index contributed by atoms with van der Waals surface area (Å²) >= 11 is 2.66. The lowest BCUT2D eigenvalue weighted by molar-refractivity contribution is 0.566. The summed E-state index contributed by atoms with van der Waals surface area (Å²) in [5, 5.41) is 0. The van der Waals surface area contributed by atoms with E-state index in [-0.39, 0.29) is 0 Å². The van der Waals surface area contributed by atoms with Gasteiger partial charge in [0, 0.05) is 3.92 Å². The predicted octanol–water partition coefficient (Wildman–Crippen LogP) is 6.65. The third kappa shape index (κ3) is 6.29. The quantitative estimate of drug-likeness (QED) is 0.259. The van der Waals surface area contributed by atoms with Gasteiger partial charge in [-0.25, -0.2) is 0 Å². The first-order valence-electron chi connectivity index (χ1n) is 7.86. The summed E-state index contributed by atoms with van der Waals surface area (Å²) in [4.78, 5) is 0. The lowest BCUT2D eigenvalue weighted by Crippen LogP contribution is -2.10. The van der Waals surface area contributed by atoms with Crippen molar-refractivity contribution in [2.24, 2.45) is 0 Å². The Bertz CT molecular complexity index is 345. The summed E-state index contributed by atoms with van der Waals surface area (Å²) in [5.74, 6) is 0.678. The van der Waals surface area contributed by atoms with Gasteiger partial charge >= 0.3 is 0 Å². The molecule has 0 N–H and O–H groups in total. The fourth-order valence-electron chi connectivity index (χ4n) is 2.66. The van der Waals surface area contributed by atoms with E-state index < -0.39 is 0 Å². The fraction of sp³-hybridized carbons (Fsp3) is 0.667. The zero-order valence-electron chi connectivity index (χ0n) is 12.8. The first-order chi connectivity index (χ1) is 9.16. The molecular weight excluding hydrogens is 343 g/mol. The lowest BCUT2D eigenvalue weighted by atomic mass is 9.91. The summed E-state index contributed by atoms with van der Waals surface area (Å²) in [5.41, 5.74) is 2.98. The van der Waals surface area contributed by atoms with Crippen LogP contribution in [0.3, 0.4) is 0 Å². The van der Waals surface area contributed by atoms with E-state index in [1.807, 2.05) is 0 Å². The Morgan fingerprint density at radius 2 is 1.63 bits per heavy atom. The number of halogens is 1. The molecule has 0 amide bonds. The van der Waals surface area contributed by atoms with Crippen molar-refractivity contribution >= 4 is 22.6 Å². The number of alkyl halides is 1.